The fourth-order valence-corrected chi connectivity index (χ4v) is 5.98. The molecule has 1 amide bonds. The van der Waals surface area contributed by atoms with Crippen molar-refractivity contribution in [2.45, 2.75) is 11.2 Å². The lowest BCUT2D eigenvalue weighted by molar-refractivity contribution is -0.131. The van der Waals surface area contributed by atoms with Gasteiger partial charge >= 0.3 is 0 Å². The minimum absolute atomic E-state index is 0.0273. The molecule has 1 aliphatic heterocycles. The monoisotopic (exact) mass is 590 g/mol. The van der Waals surface area contributed by atoms with Crippen LogP contribution in [0.5, 0.6) is 11.5 Å². The summed E-state index contributed by atoms with van der Waals surface area (Å²) in [5, 5.41) is 8.29. The average molecular weight is 591 g/mol. The van der Waals surface area contributed by atoms with Crippen molar-refractivity contribution in [2.75, 3.05) is 20.0 Å². The van der Waals surface area contributed by atoms with Crippen LogP contribution in [0.25, 0.3) is 22.4 Å². The Morgan fingerprint density at radius 3 is 2.68 bits per heavy atom. The topological polar surface area (TPSA) is 114 Å². The van der Waals surface area contributed by atoms with Gasteiger partial charge in [0, 0.05) is 5.56 Å². The van der Waals surface area contributed by atoms with E-state index < -0.39 is 11.6 Å². The highest BCUT2D eigenvalue weighted by atomic mass is 32.2. The van der Waals surface area contributed by atoms with Gasteiger partial charge in [-0.15, -0.1) is 11.3 Å². The zero-order valence-corrected chi connectivity index (χ0v) is 23.5. The Hall–Kier alpha value is -4.62. The van der Waals surface area contributed by atoms with Crippen LogP contribution in [0.2, 0.25) is 0 Å². The number of hydrazine groups is 1. The first-order valence-electron chi connectivity index (χ1n) is 12.4. The van der Waals surface area contributed by atoms with Crippen molar-refractivity contribution in [1.82, 2.24) is 30.2 Å². The van der Waals surface area contributed by atoms with Gasteiger partial charge in [-0.25, -0.2) is 19.1 Å². The van der Waals surface area contributed by atoms with Crippen LogP contribution < -0.4 is 20.5 Å². The van der Waals surface area contributed by atoms with Gasteiger partial charge in [0.25, 0.3) is 11.5 Å². The van der Waals surface area contributed by atoms with E-state index in [1.165, 1.54) is 23.0 Å². The molecule has 0 saturated carbocycles. The minimum atomic E-state index is -0.486. The molecular weight excluding hydrogens is 567 g/mol. The molecule has 3 aromatic heterocycles. The summed E-state index contributed by atoms with van der Waals surface area (Å²) in [7, 11) is 3.12. The molecule has 1 aliphatic rings. The lowest BCUT2D eigenvalue weighted by atomic mass is 10.0. The number of halogens is 1. The van der Waals surface area contributed by atoms with Crippen molar-refractivity contribution in [3.05, 3.63) is 98.9 Å². The number of carbonyl (C=O) groups is 1. The van der Waals surface area contributed by atoms with E-state index in [4.69, 9.17) is 9.47 Å². The van der Waals surface area contributed by atoms with Crippen LogP contribution in [0, 0.1) is 5.82 Å². The molecule has 41 heavy (non-hydrogen) atoms. The molecule has 0 bridgehead atoms. The van der Waals surface area contributed by atoms with Crippen molar-refractivity contribution in [1.29, 1.82) is 0 Å². The molecule has 1 atom stereocenters. The van der Waals surface area contributed by atoms with E-state index in [9.17, 15) is 14.0 Å². The van der Waals surface area contributed by atoms with E-state index in [1.807, 2.05) is 35.7 Å². The highest BCUT2D eigenvalue weighted by molar-refractivity contribution is 7.99. The van der Waals surface area contributed by atoms with Gasteiger partial charge in [0.15, 0.2) is 22.3 Å². The van der Waals surface area contributed by atoms with Crippen molar-refractivity contribution >= 4 is 45.7 Å². The van der Waals surface area contributed by atoms with Crippen LogP contribution in [0.1, 0.15) is 16.5 Å². The third kappa shape index (κ3) is 5.05. The zero-order chi connectivity index (χ0) is 28.5. The second-order valence-corrected chi connectivity index (χ2v) is 10.8. The molecule has 0 saturated heterocycles. The normalized spacial score (nSPS) is 14.7. The number of fused-ring (bicyclic) bond motifs is 1. The number of aromatic nitrogens is 4. The van der Waals surface area contributed by atoms with E-state index in [-0.39, 0.29) is 28.0 Å². The quantitative estimate of drug-likeness (QED) is 0.200. The summed E-state index contributed by atoms with van der Waals surface area (Å²) in [6, 6.07) is 14.7. The molecule has 0 fully saturated rings. The third-order valence-electron chi connectivity index (χ3n) is 6.47. The minimum Gasteiger partial charge on any atom is -0.493 e. The van der Waals surface area contributed by atoms with Crippen LogP contribution >= 0.6 is 23.1 Å². The number of para-hydroxylation sites is 1. The highest BCUT2D eigenvalue weighted by Gasteiger charge is 2.33. The number of rotatable bonds is 8. The van der Waals surface area contributed by atoms with Crippen molar-refractivity contribution in [3.8, 4) is 17.2 Å². The number of ether oxygens (including phenoxy) is 2. The molecule has 5 aromatic rings. The Kier molecular flexibility index (Phi) is 7.20. The second-order valence-electron chi connectivity index (χ2n) is 8.89. The molecule has 0 radical (unpaired) electrons. The summed E-state index contributed by atoms with van der Waals surface area (Å²) in [5.74, 6) is 0.421. The second kappa shape index (κ2) is 11.1. The first-order chi connectivity index (χ1) is 20.0. The lowest BCUT2D eigenvalue weighted by Crippen LogP contribution is -2.40. The van der Waals surface area contributed by atoms with Gasteiger partial charge < -0.3 is 14.5 Å². The fraction of sp³-hybridized carbons (Fsp3) is 0.143. The number of methoxy groups -OCH3 is 2. The molecular formula is C28H23FN6O4S2. The number of H-pyrrole nitrogens is 1. The Labute approximate surface area is 241 Å². The maximum atomic E-state index is 13.7. The average Bonchev–Trinajstić information content (AvgIpc) is 3.76. The van der Waals surface area contributed by atoms with Gasteiger partial charge in [0.05, 0.1) is 42.4 Å². The summed E-state index contributed by atoms with van der Waals surface area (Å²) in [4.78, 5) is 34.7. The van der Waals surface area contributed by atoms with Crippen LogP contribution in [-0.2, 0) is 4.79 Å². The summed E-state index contributed by atoms with van der Waals surface area (Å²) < 4.78 is 26.0. The van der Waals surface area contributed by atoms with Gasteiger partial charge in [-0.05, 0) is 47.9 Å². The number of carbonyl (C=O) groups excluding carboxylic acids is 1. The van der Waals surface area contributed by atoms with Gasteiger partial charge in [0.2, 0.25) is 0 Å². The molecule has 6 rings (SSSR count). The van der Waals surface area contributed by atoms with Crippen molar-refractivity contribution in [3.63, 3.8) is 0 Å². The van der Waals surface area contributed by atoms with Crippen LogP contribution in [-0.4, -0.2) is 50.6 Å². The smallest absolute Gasteiger partial charge is 0.262 e. The molecule has 10 nitrogen and oxygen atoms in total. The number of benzene rings is 2. The van der Waals surface area contributed by atoms with Gasteiger partial charge in [-0.1, -0.05) is 30.0 Å². The number of amides is 1. The van der Waals surface area contributed by atoms with E-state index >= 15 is 0 Å². The molecule has 4 heterocycles. The van der Waals surface area contributed by atoms with Crippen molar-refractivity contribution < 1.29 is 18.7 Å². The number of hydrogen-bond acceptors (Lipinski definition) is 9. The number of aromatic amines is 1. The first-order valence-corrected chi connectivity index (χ1v) is 14.3. The van der Waals surface area contributed by atoms with E-state index in [0.717, 1.165) is 27.9 Å². The first kappa shape index (κ1) is 26.6. The third-order valence-corrected chi connectivity index (χ3v) is 8.23. The Morgan fingerprint density at radius 1 is 1.12 bits per heavy atom. The molecule has 13 heteroatoms. The highest BCUT2D eigenvalue weighted by Crippen LogP contribution is 2.41. The number of thiophene rings is 1. The zero-order valence-electron chi connectivity index (χ0n) is 21.8. The molecule has 1 unspecified atom stereocenters. The SMILES string of the molecule is COc1cccc(C2C=C(c3cccs3)NN2C(=O)CSc2nc3c(cnn3-c3ccc(F)cc3)c(=O)[nH]2)c1OC. The summed E-state index contributed by atoms with van der Waals surface area (Å²) >= 11 is 2.65. The summed E-state index contributed by atoms with van der Waals surface area (Å²) in [5.41, 5.74) is 5.26. The summed E-state index contributed by atoms with van der Waals surface area (Å²) in [6.45, 7) is 0. The van der Waals surface area contributed by atoms with E-state index in [0.29, 0.717) is 22.8 Å². The lowest BCUT2D eigenvalue weighted by Gasteiger charge is -2.26. The molecule has 0 aliphatic carbocycles. The van der Waals surface area contributed by atoms with Gasteiger partial charge in [0.1, 0.15) is 17.2 Å². The van der Waals surface area contributed by atoms with Crippen LogP contribution in [0.3, 0.4) is 0 Å². The molecule has 208 valence electrons. The maximum absolute atomic E-state index is 13.7. The van der Waals surface area contributed by atoms with E-state index in [2.05, 4.69) is 20.5 Å². The Balaban J connectivity index is 1.29. The Bertz CT molecular complexity index is 1820. The van der Waals surface area contributed by atoms with Crippen LogP contribution in [0.4, 0.5) is 4.39 Å². The maximum Gasteiger partial charge on any atom is 0.262 e. The number of hydrogen-bond donors (Lipinski definition) is 2. The van der Waals surface area contributed by atoms with Crippen molar-refractivity contribution in [2.24, 2.45) is 0 Å². The van der Waals surface area contributed by atoms with Crippen LogP contribution in [0.15, 0.2) is 82.2 Å². The Morgan fingerprint density at radius 2 is 1.95 bits per heavy atom. The standard InChI is InChI=1S/C28H23FN6O4S2/c1-38-22-6-3-5-18(25(22)39-2)21-13-20(23-7-4-12-40-23)33-35(21)24(36)15-41-28-31-26-19(27(37)32-28)14-30-34(26)17-10-8-16(29)9-11-17/h3-14,21,33H,15H2,1-2H3,(H,31,32,37). The predicted molar refractivity (Wildman–Crippen MR) is 155 cm³/mol. The number of nitrogens with zero attached hydrogens (tertiary/aromatic N) is 4. The summed E-state index contributed by atoms with van der Waals surface area (Å²) in [6.07, 6.45) is 3.38. The van der Waals surface area contributed by atoms with Gasteiger partial charge in [-0.2, -0.15) is 5.10 Å². The van der Waals surface area contributed by atoms with E-state index in [1.54, 1.807) is 48.8 Å². The fourth-order valence-electron chi connectivity index (χ4n) is 4.57. The predicted octanol–water partition coefficient (Wildman–Crippen LogP) is 4.55. The molecule has 0 spiro atoms. The number of thioether (sulfide) groups is 1. The molecule has 2 N–H and O–H groups in total. The van der Waals surface area contributed by atoms with Gasteiger partial charge in [-0.3, -0.25) is 15.0 Å². The largest absolute Gasteiger partial charge is 0.493 e. The molecule has 2 aromatic carbocycles. The number of nitrogens with one attached hydrogen (secondary N) is 2.